The molecule has 0 aliphatic carbocycles. The number of nitrogens with zero attached hydrogens (tertiary/aromatic N) is 1. The van der Waals surface area contributed by atoms with Crippen molar-refractivity contribution < 1.29 is 9.59 Å². The number of benzene rings is 1. The van der Waals surface area contributed by atoms with Crippen LogP contribution in [0.5, 0.6) is 0 Å². The van der Waals surface area contributed by atoms with Crippen LogP contribution in [0, 0.1) is 0 Å². The van der Waals surface area contributed by atoms with E-state index in [-0.39, 0.29) is 18.0 Å². The Morgan fingerprint density at radius 2 is 2.20 bits per heavy atom. The van der Waals surface area contributed by atoms with Gasteiger partial charge in [0.1, 0.15) is 0 Å². The van der Waals surface area contributed by atoms with E-state index in [0.717, 1.165) is 5.56 Å². The fourth-order valence-corrected chi connectivity index (χ4v) is 2.43. The third-order valence-electron chi connectivity index (χ3n) is 3.34. The first kappa shape index (κ1) is 14.8. The second-order valence-corrected chi connectivity index (χ2v) is 5.32. The zero-order valence-corrected chi connectivity index (χ0v) is 12.3. The molecule has 108 valence electrons. The summed E-state index contributed by atoms with van der Waals surface area (Å²) in [6, 6.07) is 6.70. The van der Waals surface area contributed by atoms with Crippen molar-refractivity contribution in [3.05, 3.63) is 34.9 Å². The molecule has 0 aromatic heterocycles. The highest BCUT2D eigenvalue weighted by Crippen LogP contribution is 2.18. The molecule has 6 heteroatoms. The zero-order valence-electron chi connectivity index (χ0n) is 11.5. The molecule has 1 fully saturated rings. The van der Waals surface area contributed by atoms with E-state index in [1.807, 2.05) is 25.1 Å². The third-order valence-corrected chi connectivity index (χ3v) is 3.58. The maximum Gasteiger partial charge on any atom is 0.324 e. The first-order valence-electron chi connectivity index (χ1n) is 6.59. The summed E-state index contributed by atoms with van der Waals surface area (Å²) in [5.74, 6) is -0.214. The van der Waals surface area contributed by atoms with Crippen LogP contribution in [0.15, 0.2) is 24.3 Å². The van der Waals surface area contributed by atoms with Gasteiger partial charge in [0.05, 0.1) is 6.04 Å². The van der Waals surface area contributed by atoms with Crippen molar-refractivity contribution in [3.8, 4) is 0 Å². The van der Waals surface area contributed by atoms with Crippen molar-refractivity contribution in [1.29, 1.82) is 0 Å². The first-order chi connectivity index (χ1) is 9.49. The minimum atomic E-state index is -0.437. The fraction of sp³-hybridized carbons (Fsp3) is 0.429. The number of halogens is 1. The highest BCUT2D eigenvalue weighted by molar-refractivity contribution is 6.30. The summed E-state index contributed by atoms with van der Waals surface area (Å²) in [6.07, 6.45) is 0. The summed E-state index contributed by atoms with van der Waals surface area (Å²) in [6.45, 7) is 4.66. The molecule has 3 amide bonds. The molecule has 0 spiro atoms. The summed E-state index contributed by atoms with van der Waals surface area (Å²) in [5.41, 5.74) is 1.00. The van der Waals surface area contributed by atoms with Gasteiger partial charge in [-0.15, -0.1) is 0 Å². The van der Waals surface area contributed by atoms with E-state index in [4.69, 9.17) is 11.6 Å². The predicted octanol–water partition coefficient (Wildman–Crippen LogP) is 1.93. The number of imide groups is 1. The largest absolute Gasteiger partial charge is 0.336 e. The van der Waals surface area contributed by atoms with Crippen LogP contribution in [0.3, 0.4) is 0 Å². The number of urea groups is 1. The van der Waals surface area contributed by atoms with Gasteiger partial charge in [0.2, 0.25) is 5.91 Å². The molecule has 2 N–H and O–H groups in total. The summed E-state index contributed by atoms with van der Waals surface area (Å²) in [4.78, 5) is 24.9. The summed E-state index contributed by atoms with van der Waals surface area (Å²) < 4.78 is 0. The quantitative estimate of drug-likeness (QED) is 0.892. The topological polar surface area (TPSA) is 61.4 Å². The Morgan fingerprint density at radius 1 is 1.45 bits per heavy atom. The average molecular weight is 296 g/mol. The van der Waals surface area contributed by atoms with E-state index in [1.165, 1.54) is 4.90 Å². The van der Waals surface area contributed by atoms with Crippen LogP contribution >= 0.6 is 11.6 Å². The molecule has 0 unspecified atom stereocenters. The molecule has 2 rings (SSSR count). The molecule has 2 atom stereocenters. The minimum absolute atomic E-state index is 0.0293. The Kier molecular flexibility index (Phi) is 4.62. The van der Waals surface area contributed by atoms with Crippen LogP contribution in [-0.4, -0.2) is 36.0 Å². The predicted molar refractivity (Wildman–Crippen MR) is 77.6 cm³/mol. The van der Waals surface area contributed by atoms with E-state index >= 15 is 0 Å². The molecule has 1 heterocycles. The van der Waals surface area contributed by atoms with E-state index < -0.39 is 6.04 Å². The number of rotatable bonds is 4. The van der Waals surface area contributed by atoms with E-state index in [1.54, 1.807) is 13.0 Å². The highest BCUT2D eigenvalue weighted by atomic mass is 35.5. The van der Waals surface area contributed by atoms with Crippen molar-refractivity contribution in [1.82, 2.24) is 15.5 Å². The molecule has 1 aliphatic heterocycles. The standard InChI is InChI=1S/C14H18ClN3O2/c1-9(11-4-3-5-12(15)8-11)17-10(2)13(19)18-7-6-16-14(18)20/h3-5,8-10,17H,6-7H2,1-2H3,(H,16,20)/t9-,10+/m1/s1. The van der Waals surface area contributed by atoms with Crippen LogP contribution in [0.2, 0.25) is 5.02 Å². The van der Waals surface area contributed by atoms with Crippen molar-refractivity contribution in [2.24, 2.45) is 0 Å². The minimum Gasteiger partial charge on any atom is -0.336 e. The average Bonchev–Trinajstić information content (AvgIpc) is 2.84. The Hall–Kier alpha value is -1.59. The second kappa shape index (κ2) is 6.24. The maximum absolute atomic E-state index is 12.2. The van der Waals surface area contributed by atoms with Crippen LogP contribution in [-0.2, 0) is 4.79 Å². The number of nitrogens with one attached hydrogen (secondary N) is 2. The summed E-state index contributed by atoms with van der Waals surface area (Å²) in [7, 11) is 0. The number of carbonyl (C=O) groups is 2. The molecule has 1 aromatic carbocycles. The summed E-state index contributed by atoms with van der Waals surface area (Å²) >= 11 is 5.95. The lowest BCUT2D eigenvalue weighted by molar-refractivity contribution is -0.129. The molecule has 0 radical (unpaired) electrons. The zero-order chi connectivity index (χ0) is 14.7. The Labute approximate surface area is 123 Å². The number of amides is 3. The highest BCUT2D eigenvalue weighted by Gasteiger charge is 2.30. The van der Waals surface area contributed by atoms with E-state index in [0.29, 0.717) is 18.1 Å². The SMILES string of the molecule is C[C@H](N[C@H](C)c1cccc(Cl)c1)C(=O)N1CCNC1=O. The van der Waals surface area contributed by atoms with E-state index in [9.17, 15) is 9.59 Å². The van der Waals surface area contributed by atoms with Gasteiger partial charge in [-0.25, -0.2) is 4.79 Å². The van der Waals surface area contributed by atoms with Gasteiger partial charge < -0.3 is 5.32 Å². The molecule has 1 aliphatic rings. The van der Waals surface area contributed by atoms with Gasteiger partial charge in [-0.1, -0.05) is 23.7 Å². The normalized spacial score (nSPS) is 17.8. The molecule has 0 bridgehead atoms. The van der Waals surface area contributed by atoms with Gasteiger partial charge in [-0.05, 0) is 31.5 Å². The van der Waals surface area contributed by atoms with Crippen LogP contribution in [0.25, 0.3) is 0 Å². The summed E-state index contributed by atoms with van der Waals surface area (Å²) in [5, 5.41) is 6.47. The van der Waals surface area contributed by atoms with Gasteiger partial charge in [0.25, 0.3) is 0 Å². The molecular formula is C14H18ClN3O2. The smallest absolute Gasteiger partial charge is 0.324 e. The van der Waals surface area contributed by atoms with Gasteiger partial charge in [-0.3, -0.25) is 15.0 Å². The van der Waals surface area contributed by atoms with Crippen molar-refractivity contribution >= 4 is 23.5 Å². The Morgan fingerprint density at radius 3 is 2.80 bits per heavy atom. The number of hydrogen-bond donors (Lipinski definition) is 2. The molecule has 0 saturated carbocycles. The molecule has 20 heavy (non-hydrogen) atoms. The van der Waals surface area contributed by atoms with Crippen molar-refractivity contribution in [3.63, 3.8) is 0 Å². The van der Waals surface area contributed by atoms with Crippen molar-refractivity contribution in [2.45, 2.75) is 25.9 Å². The van der Waals surface area contributed by atoms with Gasteiger partial charge in [0.15, 0.2) is 0 Å². The molecule has 5 nitrogen and oxygen atoms in total. The van der Waals surface area contributed by atoms with Gasteiger partial charge in [0, 0.05) is 24.2 Å². The number of hydrogen-bond acceptors (Lipinski definition) is 3. The van der Waals surface area contributed by atoms with Crippen molar-refractivity contribution in [2.75, 3.05) is 13.1 Å². The third kappa shape index (κ3) is 3.29. The lowest BCUT2D eigenvalue weighted by Gasteiger charge is -2.23. The number of carbonyl (C=O) groups excluding carboxylic acids is 2. The molecule has 1 saturated heterocycles. The van der Waals surface area contributed by atoms with Crippen LogP contribution < -0.4 is 10.6 Å². The molecular weight excluding hydrogens is 278 g/mol. The maximum atomic E-state index is 12.2. The fourth-order valence-electron chi connectivity index (χ4n) is 2.23. The first-order valence-corrected chi connectivity index (χ1v) is 6.97. The second-order valence-electron chi connectivity index (χ2n) is 4.89. The van der Waals surface area contributed by atoms with Gasteiger partial charge >= 0.3 is 6.03 Å². The lowest BCUT2D eigenvalue weighted by atomic mass is 10.1. The lowest BCUT2D eigenvalue weighted by Crippen LogP contribution is -2.46. The van der Waals surface area contributed by atoms with E-state index in [2.05, 4.69) is 10.6 Å². The van der Waals surface area contributed by atoms with Crippen LogP contribution in [0.1, 0.15) is 25.5 Å². The van der Waals surface area contributed by atoms with Gasteiger partial charge in [-0.2, -0.15) is 0 Å². The Balaban J connectivity index is 1.98. The Bertz CT molecular complexity index is 521. The monoisotopic (exact) mass is 295 g/mol. The van der Waals surface area contributed by atoms with Crippen LogP contribution in [0.4, 0.5) is 4.79 Å². The molecule has 1 aromatic rings.